The molecule has 4 rings (SSSR count). The van der Waals surface area contributed by atoms with Crippen molar-refractivity contribution < 1.29 is 10.2 Å². The van der Waals surface area contributed by atoms with Crippen LogP contribution in [0, 0.1) is 5.92 Å². The molecule has 3 N–H and O–H groups in total. The van der Waals surface area contributed by atoms with Crippen molar-refractivity contribution in [3.63, 3.8) is 0 Å². The van der Waals surface area contributed by atoms with Gasteiger partial charge in [-0.15, -0.1) is 0 Å². The van der Waals surface area contributed by atoms with E-state index in [-0.39, 0.29) is 23.5 Å². The first-order chi connectivity index (χ1) is 10.6. The molecule has 0 fully saturated rings. The van der Waals surface area contributed by atoms with Crippen LogP contribution in [-0.2, 0) is 0 Å². The smallest absolute Gasteiger partial charge is 0.138 e. The van der Waals surface area contributed by atoms with E-state index in [9.17, 15) is 10.2 Å². The van der Waals surface area contributed by atoms with E-state index in [1.165, 1.54) is 0 Å². The normalized spacial score (nSPS) is 25.4. The predicted octanol–water partition coefficient (Wildman–Crippen LogP) is 4.69. The van der Waals surface area contributed by atoms with E-state index in [2.05, 4.69) is 39.5 Å². The van der Waals surface area contributed by atoms with Gasteiger partial charge in [-0.1, -0.05) is 40.2 Å². The van der Waals surface area contributed by atoms with E-state index < -0.39 is 0 Å². The number of phenolic OH excluding ortho intramolecular Hbond substituents is 2. The van der Waals surface area contributed by atoms with Crippen LogP contribution < -0.4 is 5.32 Å². The number of benzene rings is 2. The number of para-hydroxylation sites is 1. The molecule has 0 saturated heterocycles. The number of rotatable bonds is 1. The molecule has 4 heteroatoms. The lowest BCUT2D eigenvalue weighted by atomic mass is 9.76. The van der Waals surface area contributed by atoms with Crippen LogP contribution in [0.5, 0.6) is 11.5 Å². The summed E-state index contributed by atoms with van der Waals surface area (Å²) in [7, 11) is 0. The molecule has 1 aliphatic heterocycles. The van der Waals surface area contributed by atoms with Crippen LogP contribution in [0.1, 0.15) is 29.5 Å². The fourth-order valence-corrected chi connectivity index (χ4v) is 4.07. The van der Waals surface area contributed by atoms with Gasteiger partial charge in [0.2, 0.25) is 0 Å². The summed E-state index contributed by atoms with van der Waals surface area (Å²) in [5.41, 5.74) is 2.77. The van der Waals surface area contributed by atoms with Gasteiger partial charge in [0.25, 0.3) is 0 Å². The number of anilines is 1. The Kier molecular flexibility index (Phi) is 3.15. The highest BCUT2D eigenvalue weighted by atomic mass is 79.9. The quantitative estimate of drug-likeness (QED) is 0.512. The molecular formula is C18H16BrNO2. The Morgan fingerprint density at radius 3 is 2.77 bits per heavy atom. The summed E-state index contributed by atoms with van der Waals surface area (Å²) < 4.78 is 0.938. The Hall–Kier alpha value is -1.94. The van der Waals surface area contributed by atoms with E-state index in [1.54, 1.807) is 12.1 Å². The van der Waals surface area contributed by atoms with Gasteiger partial charge >= 0.3 is 0 Å². The van der Waals surface area contributed by atoms with E-state index >= 15 is 0 Å². The van der Waals surface area contributed by atoms with E-state index in [4.69, 9.17) is 0 Å². The summed E-state index contributed by atoms with van der Waals surface area (Å²) in [5, 5.41) is 23.9. The van der Waals surface area contributed by atoms with Gasteiger partial charge in [0, 0.05) is 16.0 Å². The minimum Gasteiger partial charge on any atom is -0.508 e. The Labute approximate surface area is 137 Å². The van der Waals surface area contributed by atoms with Crippen molar-refractivity contribution >= 4 is 21.6 Å². The van der Waals surface area contributed by atoms with Crippen molar-refractivity contribution in [3.8, 4) is 11.5 Å². The van der Waals surface area contributed by atoms with Crippen LogP contribution in [-0.4, -0.2) is 10.2 Å². The van der Waals surface area contributed by atoms with Crippen molar-refractivity contribution in [3.05, 3.63) is 64.1 Å². The van der Waals surface area contributed by atoms with Crippen molar-refractivity contribution in [2.75, 3.05) is 5.32 Å². The van der Waals surface area contributed by atoms with Crippen LogP contribution >= 0.6 is 15.9 Å². The van der Waals surface area contributed by atoms with E-state index in [1.807, 2.05) is 18.2 Å². The second kappa shape index (κ2) is 5.06. The molecule has 3 unspecified atom stereocenters. The molecule has 2 aromatic carbocycles. The summed E-state index contributed by atoms with van der Waals surface area (Å²) in [6.07, 6.45) is 5.37. The standard InChI is InChI=1S/C18H16BrNO2/c19-10-7-8-15(21)14(9-10)17-12-4-1-3-11(12)13-5-2-6-16(22)18(13)20-17/h1-3,5-9,11-12,17,20-22H,4H2. The highest BCUT2D eigenvalue weighted by Gasteiger charge is 2.39. The molecule has 112 valence electrons. The number of nitrogens with one attached hydrogen (secondary N) is 1. The molecular weight excluding hydrogens is 342 g/mol. The van der Waals surface area contributed by atoms with Gasteiger partial charge in [0.1, 0.15) is 11.5 Å². The van der Waals surface area contributed by atoms with E-state index in [0.717, 1.165) is 27.7 Å². The lowest BCUT2D eigenvalue weighted by Gasteiger charge is -2.38. The van der Waals surface area contributed by atoms with Crippen LogP contribution in [0.25, 0.3) is 0 Å². The summed E-state index contributed by atoms with van der Waals surface area (Å²) >= 11 is 3.48. The SMILES string of the molecule is Oc1ccc(Br)cc1C1Nc2c(O)cccc2C2C=CCC21. The van der Waals surface area contributed by atoms with Gasteiger partial charge in [-0.25, -0.2) is 0 Å². The molecule has 2 aliphatic rings. The molecule has 22 heavy (non-hydrogen) atoms. The first kappa shape index (κ1) is 13.7. The monoisotopic (exact) mass is 357 g/mol. The molecule has 0 amide bonds. The van der Waals surface area contributed by atoms with Gasteiger partial charge in [0.05, 0.1) is 11.7 Å². The van der Waals surface area contributed by atoms with Crippen LogP contribution in [0.4, 0.5) is 5.69 Å². The van der Waals surface area contributed by atoms with Gasteiger partial charge in [0.15, 0.2) is 0 Å². The number of fused-ring (bicyclic) bond motifs is 3. The molecule has 1 aliphatic carbocycles. The van der Waals surface area contributed by atoms with Crippen LogP contribution in [0.2, 0.25) is 0 Å². The number of allylic oxidation sites excluding steroid dienone is 2. The maximum atomic E-state index is 10.3. The minimum absolute atomic E-state index is 0.0294. The number of halogens is 1. The lowest BCUT2D eigenvalue weighted by Crippen LogP contribution is -2.29. The number of hydrogen-bond acceptors (Lipinski definition) is 3. The average Bonchev–Trinajstić information content (AvgIpc) is 2.99. The zero-order chi connectivity index (χ0) is 15.3. The Morgan fingerprint density at radius 1 is 1.05 bits per heavy atom. The van der Waals surface area contributed by atoms with Gasteiger partial charge in [-0.2, -0.15) is 0 Å². The van der Waals surface area contributed by atoms with Gasteiger partial charge in [-0.05, 0) is 42.2 Å². The minimum atomic E-state index is -0.0294. The number of phenols is 2. The highest BCUT2D eigenvalue weighted by molar-refractivity contribution is 9.10. The van der Waals surface area contributed by atoms with Gasteiger partial charge in [-0.3, -0.25) is 0 Å². The van der Waals surface area contributed by atoms with Crippen molar-refractivity contribution in [2.45, 2.75) is 18.4 Å². The molecule has 0 bridgehead atoms. The first-order valence-electron chi connectivity index (χ1n) is 7.38. The first-order valence-corrected chi connectivity index (χ1v) is 8.18. The maximum Gasteiger partial charge on any atom is 0.138 e. The molecule has 0 saturated carbocycles. The largest absolute Gasteiger partial charge is 0.508 e. The summed E-state index contributed by atoms with van der Waals surface area (Å²) in [4.78, 5) is 0. The zero-order valence-electron chi connectivity index (χ0n) is 11.8. The lowest BCUT2D eigenvalue weighted by molar-refractivity contribution is 0.396. The third-order valence-electron chi connectivity index (χ3n) is 4.70. The third kappa shape index (κ3) is 2.02. The molecule has 3 atom stereocenters. The summed E-state index contributed by atoms with van der Waals surface area (Å²) in [6, 6.07) is 11.1. The molecule has 2 aromatic rings. The molecule has 0 radical (unpaired) electrons. The van der Waals surface area contributed by atoms with Crippen LogP contribution in [0.3, 0.4) is 0 Å². The zero-order valence-corrected chi connectivity index (χ0v) is 13.4. The summed E-state index contributed by atoms with van der Waals surface area (Å²) in [6.45, 7) is 0. The Balaban J connectivity index is 1.85. The maximum absolute atomic E-state index is 10.3. The topological polar surface area (TPSA) is 52.5 Å². The predicted molar refractivity (Wildman–Crippen MR) is 90.3 cm³/mol. The fraction of sp³-hybridized carbons (Fsp3) is 0.222. The Bertz CT molecular complexity index is 772. The third-order valence-corrected chi connectivity index (χ3v) is 5.19. The molecule has 0 aromatic heterocycles. The summed E-state index contributed by atoms with van der Waals surface area (Å²) in [5.74, 6) is 1.15. The van der Waals surface area contributed by atoms with Crippen molar-refractivity contribution in [1.29, 1.82) is 0 Å². The molecule has 3 nitrogen and oxygen atoms in total. The second-order valence-corrected chi connectivity index (χ2v) is 6.84. The molecule has 1 heterocycles. The Morgan fingerprint density at radius 2 is 1.91 bits per heavy atom. The van der Waals surface area contributed by atoms with Crippen molar-refractivity contribution in [1.82, 2.24) is 0 Å². The van der Waals surface area contributed by atoms with Gasteiger partial charge < -0.3 is 15.5 Å². The average molecular weight is 358 g/mol. The van der Waals surface area contributed by atoms with Crippen molar-refractivity contribution in [2.24, 2.45) is 5.92 Å². The highest BCUT2D eigenvalue weighted by Crippen LogP contribution is 2.53. The molecule has 0 spiro atoms. The fourth-order valence-electron chi connectivity index (χ4n) is 3.69. The second-order valence-electron chi connectivity index (χ2n) is 5.92. The number of hydrogen-bond donors (Lipinski definition) is 3. The number of aromatic hydroxyl groups is 2. The van der Waals surface area contributed by atoms with E-state index in [0.29, 0.717) is 5.92 Å². The van der Waals surface area contributed by atoms with Crippen LogP contribution in [0.15, 0.2) is 53.0 Å².